The lowest BCUT2D eigenvalue weighted by Gasteiger charge is -2.38. The van der Waals surface area contributed by atoms with Gasteiger partial charge in [-0.25, -0.2) is 0 Å². The first-order valence-electron chi connectivity index (χ1n) is 9.12. The van der Waals surface area contributed by atoms with Gasteiger partial charge in [0.05, 0.1) is 11.6 Å². The van der Waals surface area contributed by atoms with Crippen LogP contribution in [0.25, 0.3) is 0 Å². The van der Waals surface area contributed by atoms with E-state index in [4.69, 9.17) is 5.73 Å². The minimum atomic E-state index is -0.644. The lowest BCUT2D eigenvalue weighted by Crippen LogP contribution is -2.58. The number of carbonyl (C=O) groups is 2. The molecule has 0 fully saturated rings. The third-order valence-electron chi connectivity index (χ3n) is 5.81. The molecule has 0 radical (unpaired) electrons. The number of hydrogen-bond acceptors (Lipinski definition) is 4. The quantitative estimate of drug-likeness (QED) is 0.539. The summed E-state index contributed by atoms with van der Waals surface area (Å²) in [6.45, 7) is 14.4. The largest absolute Gasteiger partial charge is 0.330 e. The van der Waals surface area contributed by atoms with Crippen molar-refractivity contribution in [2.45, 2.75) is 92.2 Å². The highest BCUT2D eigenvalue weighted by atomic mass is 16.1. The van der Waals surface area contributed by atoms with Gasteiger partial charge in [0.15, 0.2) is 5.78 Å². The van der Waals surface area contributed by atoms with Crippen LogP contribution in [0.1, 0.15) is 80.6 Å². The van der Waals surface area contributed by atoms with Crippen LogP contribution < -0.4 is 11.1 Å². The van der Waals surface area contributed by atoms with E-state index < -0.39 is 5.54 Å². The van der Waals surface area contributed by atoms with Crippen LogP contribution in [0.5, 0.6) is 0 Å². The molecule has 0 amide bonds. The lowest BCUT2D eigenvalue weighted by atomic mass is 9.70. The normalized spacial score (nSPS) is 18.3. The number of carbonyl (C=O) groups excluding carboxylic acids is 2. The maximum atomic E-state index is 13.2. The number of nitrogens with one attached hydrogen (secondary N) is 1. The molecule has 4 heteroatoms. The first-order valence-corrected chi connectivity index (χ1v) is 9.12. The van der Waals surface area contributed by atoms with Gasteiger partial charge in [-0.2, -0.15) is 0 Å². The topological polar surface area (TPSA) is 72.2 Å². The van der Waals surface area contributed by atoms with E-state index in [9.17, 15) is 9.59 Å². The van der Waals surface area contributed by atoms with Crippen LogP contribution in [0.3, 0.4) is 0 Å². The first-order chi connectivity index (χ1) is 10.6. The molecule has 0 aromatic carbocycles. The molecule has 0 aliphatic heterocycles. The summed E-state index contributed by atoms with van der Waals surface area (Å²) in [4.78, 5) is 25.3. The third kappa shape index (κ3) is 5.68. The summed E-state index contributed by atoms with van der Waals surface area (Å²) >= 11 is 0. The van der Waals surface area contributed by atoms with Crippen molar-refractivity contribution in [1.82, 2.24) is 5.32 Å². The van der Waals surface area contributed by atoms with E-state index in [0.29, 0.717) is 13.0 Å². The minimum Gasteiger partial charge on any atom is -0.330 e. The molecule has 23 heavy (non-hydrogen) atoms. The van der Waals surface area contributed by atoms with Crippen molar-refractivity contribution in [2.24, 2.45) is 17.1 Å². The van der Waals surface area contributed by atoms with E-state index in [1.165, 1.54) is 0 Å². The molecule has 3 atom stereocenters. The molecule has 0 aromatic heterocycles. The van der Waals surface area contributed by atoms with Gasteiger partial charge in [-0.05, 0) is 52.0 Å². The first kappa shape index (κ1) is 22.3. The highest BCUT2D eigenvalue weighted by Gasteiger charge is 2.41. The van der Waals surface area contributed by atoms with E-state index in [0.717, 1.165) is 25.7 Å². The molecule has 0 aliphatic rings. The molecule has 4 nitrogen and oxygen atoms in total. The number of rotatable bonds is 12. The molecular formula is C19H38N2O2. The average Bonchev–Trinajstić information content (AvgIpc) is 2.51. The maximum absolute atomic E-state index is 13.2. The fourth-order valence-corrected chi connectivity index (χ4v) is 2.86. The summed E-state index contributed by atoms with van der Waals surface area (Å²) in [7, 11) is 0. The fourth-order valence-electron chi connectivity index (χ4n) is 2.86. The standard InChI is InChI=1S/C19H38N2O2/c1-8-18(6,14(3)4)17(23)16(12-10-11-13-20)21-19(7,9-2)15(5)22/h14,16,21H,8-13,20H2,1-7H3/t16-,18?,19-/m0/s1. The van der Waals surface area contributed by atoms with Gasteiger partial charge in [0.25, 0.3) is 0 Å². The number of hydrogen-bond donors (Lipinski definition) is 2. The van der Waals surface area contributed by atoms with Gasteiger partial charge < -0.3 is 5.73 Å². The zero-order valence-electron chi connectivity index (χ0n) is 16.3. The van der Waals surface area contributed by atoms with Crippen molar-refractivity contribution >= 4 is 11.6 Å². The van der Waals surface area contributed by atoms with Crippen molar-refractivity contribution in [3.8, 4) is 0 Å². The number of unbranched alkanes of at least 4 members (excludes halogenated alkanes) is 1. The summed E-state index contributed by atoms with van der Waals surface area (Å²) in [6.07, 6.45) is 4.02. The predicted octanol–water partition coefficient (Wildman–Crippen LogP) is 3.47. The molecule has 3 N–H and O–H groups in total. The van der Waals surface area contributed by atoms with E-state index in [1.54, 1.807) is 6.92 Å². The number of ketones is 2. The lowest BCUT2D eigenvalue weighted by molar-refractivity contribution is -0.134. The van der Waals surface area contributed by atoms with Crippen LogP contribution in [-0.2, 0) is 9.59 Å². The Morgan fingerprint density at radius 1 is 1.09 bits per heavy atom. The molecule has 0 saturated carbocycles. The third-order valence-corrected chi connectivity index (χ3v) is 5.81. The Balaban J connectivity index is 5.43. The second-order valence-corrected chi connectivity index (χ2v) is 7.51. The molecular weight excluding hydrogens is 288 g/mol. The van der Waals surface area contributed by atoms with Crippen molar-refractivity contribution in [1.29, 1.82) is 0 Å². The SMILES string of the molecule is CCC(C)(C(=O)[C@H](CCCCN)N[C@@](C)(CC)C(C)=O)C(C)C. The summed E-state index contributed by atoms with van der Waals surface area (Å²) < 4.78 is 0. The summed E-state index contributed by atoms with van der Waals surface area (Å²) in [5.41, 5.74) is 4.58. The van der Waals surface area contributed by atoms with Crippen molar-refractivity contribution in [2.75, 3.05) is 6.54 Å². The molecule has 0 spiro atoms. The van der Waals surface area contributed by atoms with Gasteiger partial charge >= 0.3 is 0 Å². The molecule has 0 rings (SSSR count). The van der Waals surface area contributed by atoms with E-state index >= 15 is 0 Å². The van der Waals surface area contributed by atoms with Crippen LogP contribution in [0.4, 0.5) is 0 Å². The zero-order chi connectivity index (χ0) is 18.3. The van der Waals surface area contributed by atoms with Crippen LogP contribution in [0.2, 0.25) is 0 Å². The van der Waals surface area contributed by atoms with Crippen LogP contribution >= 0.6 is 0 Å². The van der Waals surface area contributed by atoms with Crippen LogP contribution in [0, 0.1) is 11.3 Å². The van der Waals surface area contributed by atoms with Gasteiger partial charge in [0.1, 0.15) is 5.78 Å². The second-order valence-electron chi connectivity index (χ2n) is 7.51. The van der Waals surface area contributed by atoms with Crippen molar-refractivity contribution in [3.05, 3.63) is 0 Å². The van der Waals surface area contributed by atoms with Gasteiger partial charge in [-0.15, -0.1) is 0 Å². The van der Waals surface area contributed by atoms with Gasteiger partial charge in [0, 0.05) is 5.41 Å². The highest BCUT2D eigenvalue weighted by molar-refractivity contribution is 5.91. The maximum Gasteiger partial charge on any atom is 0.155 e. The Kier molecular flexibility index (Phi) is 9.22. The smallest absolute Gasteiger partial charge is 0.155 e. The molecule has 0 aromatic rings. The Bertz CT molecular complexity index is 395. The summed E-state index contributed by atoms with van der Waals surface area (Å²) in [5.74, 6) is 0.580. The van der Waals surface area contributed by atoms with Crippen LogP contribution in [-0.4, -0.2) is 29.7 Å². The van der Waals surface area contributed by atoms with Crippen molar-refractivity contribution < 1.29 is 9.59 Å². The fraction of sp³-hybridized carbons (Fsp3) is 0.895. The molecule has 0 bridgehead atoms. The van der Waals surface area contributed by atoms with Gasteiger partial charge in [-0.1, -0.05) is 41.0 Å². The average molecular weight is 327 g/mol. The summed E-state index contributed by atoms with van der Waals surface area (Å²) in [5, 5.41) is 3.39. The molecule has 136 valence electrons. The van der Waals surface area contributed by atoms with E-state index in [1.807, 2.05) is 13.8 Å². The molecule has 0 heterocycles. The Labute approximate surface area is 143 Å². The van der Waals surface area contributed by atoms with E-state index in [2.05, 4.69) is 33.0 Å². The number of Topliss-reactive ketones (excluding diaryl/α,β-unsaturated/α-hetero) is 2. The monoisotopic (exact) mass is 326 g/mol. The van der Waals surface area contributed by atoms with Crippen molar-refractivity contribution in [3.63, 3.8) is 0 Å². The Morgan fingerprint density at radius 3 is 2.00 bits per heavy atom. The predicted molar refractivity (Wildman–Crippen MR) is 97.4 cm³/mol. The number of nitrogens with two attached hydrogens (primary N) is 1. The van der Waals surface area contributed by atoms with E-state index in [-0.39, 0.29) is 28.9 Å². The van der Waals surface area contributed by atoms with Gasteiger partial charge in [-0.3, -0.25) is 14.9 Å². The zero-order valence-corrected chi connectivity index (χ0v) is 16.3. The van der Waals surface area contributed by atoms with Crippen LogP contribution in [0.15, 0.2) is 0 Å². The molecule has 0 saturated heterocycles. The summed E-state index contributed by atoms with van der Waals surface area (Å²) in [6, 6.07) is -0.289. The Hall–Kier alpha value is -0.740. The molecule has 0 aliphatic carbocycles. The Morgan fingerprint density at radius 2 is 1.65 bits per heavy atom. The highest BCUT2D eigenvalue weighted by Crippen LogP contribution is 2.34. The minimum absolute atomic E-state index is 0.0828. The second kappa shape index (κ2) is 9.53. The molecule has 1 unspecified atom stereocenters. The van der Waals surface area contributed by atoms with Gasteiger partial charge in [0.2, 0.25) is 0 Å².